The molecule has 3 aliphatic rings. The van der Waals surface area contributed by atoms with Crippen molar-refractivity contribution in [2.75, 3.05) is 33.4 Å². The molecule has 1 aromatic rings. The van der Waals surface area contributed by atoms with E-state index in [-0.39, 0.29) is 5.41 Å². The van der Waals surface area contributed by atoms with Gasteiger partial charge in [-0.3, -0.25) is 0 Å². The average Bonchev–Trinajstić information content (AvgIpc) is 3.29. The quantitative estimate of drug-likeness (QED) is 0.841. The van der Waals surface area contributed by atoms with Gasteiger partial charge < -0.3 is 20.1 Å². The van der Waals surface area contributed by atoms with Gasteiger partial charge in [-0.1, -0.05) is 24.6 Å². The van der Waals surface area contributed by atoms with Crippen LogP contribution in [0.2, 0.25) is 0 Å². The number of morpholine rings is 1. The lowest BCUT2D eigenvalue weighted by molar-refractivity contribution is 0.0524. The van der Waals surface area contributed by atoms with Gasteiger partial charge in [0, 0.05) is 36.2 Å². The zero-order valence-corrected chi connectivity index (χ0v) is 14.7. The smallest absolute Gasteiger partial charge is 0.122 e. The Morgan fingerprint density at radius 3 is 2.92 bits per heavy atom. The Balaban J connectivity index is 1.40. The summed E-state index contributed by atoms with van der Waals surface area (Å²) in [4.78, 5) is 0. The molecule has 0 aromatic heterocycles. The van der Waals surface area contributed by atoms with E-state index < -0.39 is 0 Å². The summed E-state index contributed by atoms with van der Waals surface area (Å²) < 4.78 is 11.3. The van der Waals surface area contributed by atoms with Crippen molar-refractivity contribution in [1.82, 2.24) is 10.6 Å². The number of ether oxygens (including phenoxy) is 2. The van der Waals surface area contributed by atoms with Crippen LogP contribution < -0.4 is 15.4 Å². The lowest BCUT2D eigenvalue weighted by Gasteiger charge is -2.34. The Morgan fingerprint density at radius 1 is 1.29 bits per heavy atom. The summed E-state index contributed by atoms with van der Waals surface area (Å²) in [5, 5.41) is 7.60. The van der Waals surface area contributed by atoms with Crippen molar-refractivity contribution in [3.05, 3.63) is 29.8 Å². The first-order valence-corrected chi connectivity index (χ1v) is 9.50. The molecule has 4 nitrogen and oxygen atoms in total. The van der Waals surface area contributed by atoms with Crippen molar-refractivity contribution < 1.29 is 9.47 Å². The summed E-state index contributed by atoms with van der Waals surface area (Å²) in [5.74, 6) is 1.75. The summed E-state index contributed by atoms with van der Waals surface area (Å²) in [6, 6.07) is 9.69. The average molecular weight is 330 g/mol. The Kier molecular flexibility index (Phi) is 4.79. The Hall–Kier alpha value is -1.10. The normalized spacial score (nSPS) is 31.8. The molecule has 2 aliphatic carbocycles. The number of hydrogen-bond donors (Lipinski definition) is 2. The molecule has 2 saturated carbocycles. The fourth-order valence-corrected chi connectivity index (χ4v) is 4.69. The second-order valence-electron chi connectivity index (χ2n) is 7.70. The van der Waals surface area contributed by atoms with Gasteiger partial charge in [0.25, 0.3) is 0 Å². The molecule has 132 valence electrons. The van der Waals surface area contributed by atoms with E-state index in [1.165, 1.54) is 37.7 Å². The van der Waals surface area contributed by atoms with Gasteiger partial charge in [0.1, 0.15) is 5.75 Å². The van der Waals surface area contributed by atoms with Crippen molar-refractivity contribution in [3.63, 3.8) is 0 Å². The maximum absolute atomic E-state index is 5.69. The van der Waals surface area contributed by atoms with Crippen LogP contribution in [0.1, 0.15) is 37.7 Å². The van der Waals surface area contributed by atoms with Crippen LogP contribution in [0.3, 0.4) is 0 Å². The molecular weight excluding hydrogens is 300 g/mol. The number of nitrogens with one attached hydrogen (secondary N) is 2. The topological polar surface area (TPSA) is 42.5 Å². The monoisotopic (exact) mass is 330 g/mol. The molecule has 1 saturated heterocycles. The number of methoxy groups -OCH3 is 1. The molecule has 24 heavy (non-hydrogen) atoms. The van der Waals surface area contributed by atoms with Crippen LogP contribution in [0.25, 0.3) is 0 Å². The molecule has 2 N–H and O–H groups in total. The fraction of sp³-hybridized carbons (Fsp3) is 0.700. The molecule has 3 fully saturated rings. The van der Waals surface area contributed by atoms with Crippen LogP contribution in [0.4, 0.5) is 0 Å². The molecule has 4 rings (SSSR count). The lowest BCUT2D eigenvalue weighted by atomic mass is 9.91. The van der Waals surface area contributed by atoms with Crippen molar-refractivity contribution in [2.24, 2.45) is 5.92 Å². The molecular formula is C20H30N2O2. The van der Waals surface area contributed by atoms with Crippen molar-refractivity contribution in [1.29, 1.82) is 0 Å². The van der Waals surface area contributed by atoms with Gasteiger partial charge in [-0.2, -0.15) is 0 Å². The first-order chi connectivity index (χ1) is 11.8. The van der Waals surface area contributed by atoms with Crippen molar-refractivity contribution in [2.45, 2.75) is 49.6 Å². The van der Waals surface area contributed by atoms with Crippen LogP contribution >= 0.6 is 0 Å². The minimum absolute atomic E-state index is 0.288. The third kappa shape index (κ3) is 3.19. The van der Waals surface area contributed by atoms with Crippen LogP contribution in [0, 0.1) is 5.92 Å². The van der Waals surface area contributed by atoms with Gasteiger partial charge in [0.15, 0.2) is 0 Å². The number of benzene rings is 1. The van der Waals surface area contributed by atoms with Crippen LogP contribution in [-0.2, 0) is 10.2 Å². The van der Waals surface area contributed by atoms with Gasteiger partial charge in [-0.15, -0.1) is 0 Å². The maximum Gasteiger partial charge on any atom is 0.122 e. The third-order valence-electron chi connectivity index (χ3n) is 6.27. The van der Waals surface area contributed by atoms with Gasteiger partial charge in [-0.25, -0.2) is 0 Å². The summed E-state index contributed by atoms with van der Waals surface area (Å²) >= 11 is 0. The van der Waals surface area contributed by atoms with E-state index in [0.29, 0.717) is 18.0 Å². The first kappa shape index (κ1) is 16.4. The number of hydrogen-bond acceptors (Lipinski definition) is 4. The van der Waals surface area contributed by atoms with E-state index in [1.807, 2.05) is 0 Å². The summed E-state index contributed by atoms with van der Waals surface area (Å²) in [6.07, 6.45) is 6.48. The highest BCUT2D eigenvalue weighted by molar-refractivity contribution is 5.43. The highest BCUT2D eigenvalue weighted by Gasteiger charge is 2.47. The van der Waals surface area contributed by atoms with E-state index in [9.17, 15) is 0 Å². The highest BCUT2D eigenvalue weighted by atomic mass is 16.5. The largest absolute Gasteiger partial charge is 0.496 e. The molecule has 1 aliphatic heterocycles. The van der Waals surface area contributed by atoms with E-state index >= 15 is 0 Å². The summed E-state index contributed by atoms with van der Waals surface area (Å²) in [5.41, 5.74) is 1.67. The molecule has 4 heteroatoms. The van der Waals surface area contributed by atoms with Crippen molar-refractivity contribution in [3.8, 4) is 5.75 Å². The van der Waals surface area contributed by atoms with E-state index in [0.717, 1.165) is 32.1 Å². The molecule has 0 radical (unpaired) electrons. The lowest BCUT2D eigenvalue weighted by Crippen LogP contribution is -2.51. The highest BCUT2D eigenvalue weighted by Crippen LogP contribution is 2.51. The Bertz CT molecular complexity index is 552. The Morgan fingerprint density at radius 2 is 2.17 bits per heavy atom. The van der Waals surface area contributed by atoms with Gasteiger partial charge in [0.05, 0.1) is 20.3 Å². The second kappa shape index (κ2) is 7.03. The molecule has 3 atom stereocenters. The minimum Gasteiger partial charge on any atom is -0.496 e. The van der Waals surface area contributed by atoms with Gasteiger partial charge >= 0.3 is 0 Å². The maximum atomic E-state index is 5.69. The van der Waals surface area contributed by atoms with Crippen LogP contribution in [-0.4, -0.2) is 45.5 Å². The van der Waals surface area contributed by atoms with Crippen LogP contribution in [0.5, 0.6) is 5.75 Å². The SMILES string of the molecule is COc1ccccc1C1(CNC2CCCC2C2COCCN2)CC1. The molecule has 0 amide bonds. The van der Waals surface area contributed by atoms with E-state index in [2.05, 4.69) is 34.9 Å². The van der Waals surface area contributed by atoms with E-state index in [4.69, 9.17) is 9.47 Å². The summed E-state index contributed by atoms with van der Waals surface area (Å²) in [7, 11) is 1.78. The third-order valence-corrected chi connectivity index (χ3v) is 6.27. The number of para-hydroxylation sites is 1. The van der Waals surface area contributed by atoms with E-state index in [1.54, 1.807) is 7.11 Å². The van der Waals surface area contributed by atoms with Crippen molar-refractivity contribution >= 4 is 0 Å². The minimum atomic E-state index is 0.288. The zero-order valence-electron chi connectivity index (χ0n) is 14.7. The Labute approximate surface area is 145 Å². The fourth-order valence-electron chi connectivity index (χ4n) is 4.69. The summed E-state index contributed by atoms with van der Waals surface area (Å²) in [6.45, 7) is 3.81. The first-order valence-electron chi connectivity index (χ1n) is 9.50. The van der Waals surface area contributed by atoms with Gasteiger partial charge in [-0.05, 0) is 37.7 Å². The standard InChI is InChI=1S/C20H30N2O2/c1-23-19-8-3-2-6-16(19)20(9-10-20)14-22-17-7-4-5-15(17)18-13-24-12-11-21-18/h2-3,6,8,15,17-18,21-22H,4-5,7,9-14H2,1H3. The molecule has 0 spiro atoms. The van der Waals surface area contributed by atoms with Crippen LogP contribution in [0.15, 0.2) is 24.3 Å². The molecule has 0 bridgehead atoms. The second-order valence-corrected chi connectivity index (χ2v) is 7.70. The number of rotatable bonds is 6. The zero-order chi connectivity index (χ0) is 16.4. The van der Waals surface area contributed by atoms with Gasteiger partial charge in [0.2, 0.25) is 0 Å². The predicted octanol–water partition coefficient (Wildman–Crippen LogP) is 2.47. The molecule has 3 unspecified atom stereocenters. The molecule has 1 heterocycles. The molecule has 1 aromatic carbocycles. The predicted molar refractivity (Wildman–Crippen MR) is 95.6 cm³/mol.